The van der Waals surface area contributed by atoms with Crippen molar-refractivity contribution in [2.45, 2.75) is 13.0 Å². The van der Waals surface area contributed by atoms with Crippen molar-refractivity contribution < 1.29 is 0 Å². The third-order valence-corrected chi connectivity index (χ3v) is 6.32. The number of aromatic nitrogens is 3. The van der Waals surface area contributed by atoms with Crippen LogP contribution in [0.2, 0.25) is 5.02 Å². The van der Waals surface area contributed by atoms with Gasteiger partial charge in [-0.1, -0.05) is 72.3 Å². The Bertz CT molecular complexity index is 1440. The van der Waals surface area contributed by atoms with E-state index in [2.05, 4.69) is 64.8 Å². The van der Waals surface area contributed by atoms with Crippen molar-refractivity contribution in [1.29, 1.82) is 0 Å². The first kappa shape index (κ1) is 22.4. The monoisotopic (exact) mass is 465 g/mol. The second kappa shape index (κ2) is 9.88. The van der Waals surface area contributed by atoms with Gasteiger partial charge >= 0.3 is 0 Å². The Balaban J connectivity index is 1.26. The SMILES string of the molecule is [B]c1cnn2c(NCCCN(C)Cc3cccc4ccccc34)cc(-c3ccccc3Cl)nc12. The third kappa shape index (κ3) is 4.65. The minimum absolute atomic E-state index is 0.534. The lowest BCUT2D eigenvalue weighted by atomic mass is 10.0. The van der Waals surface area contributed by atoms with E-state index in [0.29, 0.717) is 16.1 Å². The van der Waals surface area contributed by atoms with Crippen LogP contribution < -0.4 is 10.8 Å². The quantitative estimate of drug-likeness (QED) is 0.261. The molecular weight excluding hydrogens is 441 g/mol. The summed E-state index contributed by atoms with van der Waals surface area (Å²) in [7, 11) is 8.29. The van der Waals surface area contributed by atoms with Crippen LogP contribution in [-0.4, -0.2) is 47.5 Å². The molecule has 0 bridgehead atoms. The van der Waals surface area contributed by atoms with Gasteiger partial charge in [-0.25, -0.2) is 4.98 Å². The lowest BCUT2D eigenvalue weighted by Gasteiger charge is -2.18. The van der Waals surface area contributed by atoms with Crippen molar-refractivity contribution in [1.82, 2.24) is 19.5 Å². The molecule has 3 aromatic carbocycles. The summed E-state index contributed by atoms with van der Waals surface area (Å²) in [5.41, 5.74) is 4.13. The molecule has 2 aromatic heterocycles. The number of anilines is 1. The molecule has 0 aliphatic carbocycles. The van der Waals surface area contributed by atoms with Crippen LogP contribution in [0.25, 0.3) is 27.7 Å². The third-order valence-electron chi connectivity index (χ3n) is 5.99. The van der Waals surface area contributed by atoms with Crippen molar-refractivity contribution >= 4 is 47.1 Å². The molecule has 5 nitrogen and oxygen atoms in total. The first-order chi connectivity index (χ1) is 16.6. The van der Waals surface area contributed by atoms with E-state index < -0.39 is 0 Å². The average Bonchev–Trinajstić information content (AvgIpc) is 3.23. The number of nitrogens with one attached hydrogen (secondary N) is 1. The van der Waals surface area contributed by atoms with Gasteiger partial charge in [-0.2, -0.15) is 9.61 Å². The Kier molecular flexibility index (Phi) is 6.52. The normalized spacial score (nSPS) is 11.5. The Morgan fingerprint density at radius 2 is 1.82 bits per heavy atom. The van der Waals surface area contributed by atoms with Crippen LogP contribution in [0.3, 0.4) is 0 Å². The molecule has 5 rings (SSSR count). The van der Waals surface area contributed by atoms with Crippen LogP contribution in [0.15, 0.2) is 79.0 Å². The zero-order chi connectivity index (χ0) is 23.5. The molecule has 0 aliphatic heterocycles. The molecule has 2 radical (unpaired) electrons. The summed E-state index contributed by atoms with van der Waals surface area (Å²) in [6.07, 6.45) is 2.60. The van der Waals surface area contributed by atoms with E-state index >= 15 is 0 Å². The van der Waals surface area contributed by atoms with Crippen LogP contribution >= 0.6 is 11.6 Å². The van der Waals surface area contributed by atoms with E-state index in [-0.39, 0.29) is 0 Å². The van der Waals surface area contributed by atoms with Gasteiger partial charge in [0.25, 0.3) is 0 Å². The maximum atomic E-state index is 6.42. The number of benzene rings is 3. The Labute approximate surface area is 205 Å². The summed E-state index contributed by atoms with van der Waals surface area (Å²) in [6.45, 7) is 2.66. The van der Waals surface area contributed by atoms with Crippen molar-refractivity contribution in [2.75, 3.05) is 25.5 Å². The predicted molar refractivity (Wildman–Crippen MR) is 142 cm³/mol. The van der Waals surface area contributed by atoms with Gasteiger partial charge in [-0.3, -0.25) is 0 Å². The van der Waals surface area contributed by atoms with E-state index in [1.807, 2.05) is 30.3 Å². The maximum Gasteiger partial charge on any atom is 0.150 e. The minimum atomic E-state index is 0.534. The number of halogens is 1. The van der Waals surface area contributed by atoms with Crippen LogP contribution in [-0.2, 0) is 6.54 Å². The average molecular weight is 466 g/mol. The molecule has 168 valence electrons. The lowest BCUT2D eigenvalue weighted by molar-refractivity contribution is 0.326. The summed E-state index contributed by atoms with van der Waals surface area (Å²) in [5, 5.41) is 11.2. The Hall–Kier alpha value is -3.35. The molecule has 0 fully saturated rings. The molecule has 5 aromatic rings. The molecular formula is C27H25BClN5. The number of fused-ring (bicyclic) bond motifs is 2. The zero-order valence-electron chi connectivity index (χ0n) is 19.1. The number of hydrogen-bond donors (Lipinski definition) is 1. The van der Waals surface area contributed by atoms with Crippen molar-refractivity contribution in [3.63, 3.8) is 0 Å². The van der Waals surface area contributed by atoms with Crippen molar-refractivity contribution in [3.8, 4) is 11.3 Å². The number of nitrogens with zero attached hydrogens (tertiary/aromatic N) is 4. The second-order valence-corrected chi connectivity index (χ2v) is 8.91. The van der Waals surface area contributed by atoms with Gasteiger partial charge in [0, 0.05) is 35.9 Å². The summed E-state index contributed by atoms with van der Waals surface area (Å²) in [4.78, 5) is 7.05. The second-order valence-electron chi connectivity index (χ2n) is 8.50. The molecule has 0 unspecified atom stereocenters. The highest BCUT2D eigenvalue weighted by atomic mass is 35.5. The first-order valence-electron chi connectivity index (χ1n) is 11.4. The molecule has 0 saturated heterocycles. The molecule has 7 heteroatoms. The Morgan fingerprint density at radius 1 is 1.03 bits per heavy atom. The van der Waals surface area contributed by atoms with Crippen LogP contribution in [0, 0.1) is 0 Å². The van der Waals surface area contributed by atoms with E-state index in [0.717, 1.165) is 43.1 Å². The fraction of sp³-hybridized carbons (Fsp3) is 0.185. The number of rotatable bonds is 8. The van der Waals surface area contributed by atoms with Crippen LogP contribution in [0.4, 0.5) is 5.82 Å². The van der Waals surface area contributed by atoms with E-state index in [1.165, 1.54) is 16.3 Å². The summed E-state index contributed by atoms with van der Waals surface area (Å²) in [5.74, 6) is 0.841. The van der Waals surface area contributed by atoms with E-state index in [4.69, 9.17) is 24.4 Å². The highest BCUT2D eigenvalue weighted by molar-refractivity contribution is 6.36. The molecule has 2 heterocycles. The van der Waals surface area contributed by atoms with Gasteiger partial charge < -0.3 is 10.2 Å². The molecule has 1 N–H and O–H groups in total. The summed E-state index contributed by atoms with van der Waals surface area (Å²) >= 11 is 6.42. The van der Waals surface area contributed by atoms with Gasteiger partial charge in [0.2, 0.25) is 0 Å². The fourth-order valence-corrected chi connectivity index (χ4v) is 4.51. The minimum Gasteiger partial charge on any atom is -0.370 e. The number of hydrogen-bond acceptors (Lipinski definition) is 4. The van der Waals surface area contributed by atoms with Gasteiger partial charge in [0.1, 0.15) is 13.7 Å². The lowest BCUT2D eigenvalue weighted by Crippen LogP contribution is -2.21. The molecule has 34 heavy (non-hydrogen) atoms. The standard InChI is InChI=1S/C27H25BClN5/c1-33(18-20-10-6-9-19-8-2-3-11-21(19)20)15-7-14-30-26-16-25(22-12-4-5-13-24(22)29)32-27-23(28)17-31-34(26)27/h2-6,8-13,16-17,30H,7,14-15,18H2,1H3. The van der Waals surface area contributed by atoms with Crippen LogP contribution in [0.1, 0.15) is 12.0 Å². The molecule has 0 atom stereocenters. The van der Waals surface area contributed by atoms with Gasteiger partial charge in [0.15, 0.2) is 5.65 Å². The smallest absolute Gasteiger partial charge is 0.150 e. The maximum absolute atomic E-state index is 6.42. The largest absolute Gasteiger partial charge is 0.370 e. The topological polar surface area (TPSA) is 45.5 Å². The summed E-state index contributed by atoms with van der Waals surface area (Å²) in [6, 6.07) is 24.7. The molecule has 0 spiro atoms. The van der Waals surface area contributed by atoms with E-state index in [9.17, 15) is 0 Å². The van der Waals surface area contributed by atoms with Crippen molar-refractivity contribution in [2.24, 2.45) is 0 Å². The Morgan fingerprint density at radius 3 is 2.71 bits per heavy atom. The first-order valence-corrected chi connectivity index (χ1v) is 11.8. The fourth-order valence-electron chi connectivity index (χ4n) is 4.28. The van der Waals surface area contributed by atoms with Gasteiger partial charge in [-0.05, 0) is 47.9 Å². The highest BCUT2D eigenvalue weighted by Gasteiger charge is 2.12. The van der Waals surface area contributed by atoms with Gasteiger partial charge in [-0.15, -0.1) is 0 Å². The van der Waals surface area contributed by atoms with Crippen molar-refractivity contribution in [3.05, 3.63) is 89.6 Å². The van der Waals surface area contributed by atoms with Gasteiger partial charge in [0.05, 0.1) is 5.69 Å². The van der Waals surface area contributed by atoms with Crippen LogP contribution in [0.5, 0.6) is 0 Å². The molecule has 0 amide bonds. The zero-order valence-corrected chi connectivity index (χ0v) is 19.8. The predicted octanol–water partition coefficient (Wildman–Crippen LogP) is 4.93. The van der Waals surface area contributed by atoms with E-state index in [1.54, 1.807) is 10.7 Å². The highest BCUT2D eigenvalue weighted by Crippen LogP contribution is 2.28. The summed E-state index contributed by atoms with van der Waals surface area (Å²) < 4.78 is 1.75. The molecule has 0 saturated carbocycles. The molecule has 0 aliphatic rings.